The summed E-state index contributed by atoms with van der Waals surface area (Å²) in [7, 11) is 0. The first-order valence-electron chi connectivity index (χ1n) is 4.53. The minimum atomic E-state index is -0.240. The van der Waals surface area contributed by atoms with Crippen molar-refractivity contribution in [3.8, 4) is 0 Å². The Balaban J connectivity index is 2.23. The Hall–Kier alpha value is 0.1000. The molecule has 1 unspecified atom stereocenters. The standard InChI is InChI=1S/C9H11Br2NO2/c1-4(13)8-7-6(9(7,10)11)3-12(8)5(2)14/h6-8H,3H2,1-2H3/t6?,7-,8+/m0/s1. The number of amides is 1. The number of carbonyl (C=O) groups excluding carboxylic acids is 2. The van der Waals surface area contributed by atoms with Gasteiger partial charge in [-0.2, -0.15) is 0 Å². The van der Waals surface area contributed by atoms with Crippen molar-refractivity contribution in [1.82, 2.24) is 4.90 Å². The van der Waals surface area contributed by atoms with Crippen LogP contribution in [0, 0.1) is 11.8 Å². The third-order valence-electron chi connectivity index (χ3n) is 3.15. The van der Waals surface area contributed by atoms with Crippen LogP contribution in [0.3, 0.4) is 0 Å². The molecule has 78 valence electrons. The zero-order valence-electron chi connectivity index (χ0n) is 7.96. The smallest absolute Gasteiger partial charge is 0.220 e. The summed E-state index contributed by atoms with van der Waals surface area (Å²) in [6.45, 7) is 3.75. The molecule has 1 saturated heterocycles. The van der Waals surface area contributed by atoms with Crippen LogP contribution in [-0.4, -0.2) is 32.4 Å². The topological polar surface area (TPSA) is 37.4 Å². The van der Waals surface area contributed by atoms with Crippen molar-refractivity contribution in [1.29, 1.82) is 0 Å². The highest BCUT2D eigenvalue weighted by molar-refractivity contribution is 9.25. The fourth-order valence-electron chi connectivity index (χ4n) is 2.40. The Morgan fingerprint density at radius 1 is 1.36 bits per heavy atom. The van der Waals surface area contributed by atoms with Gasteiger partial charge >= 0.3 is 0 Å². The fourth-order valence-corrected chi connectivity index (χ4v) is 4.13. The number of piperidine rings is 1. The van der Waals surface area contributed by atoms with E-state index in [1.807, 2.05) is 0 Å². The summed E-state index contributed by atoms with van der Waals surface area (Å²) >= 11 is 7.08. The van der Waals surface area contributed by atoms with E-state index in [0.29, 0.717) is 12.5 Å². The van der Waals surface area contributed by atoms with E-state index in [0.717, 1.165) is 0 Å². The SMILES string of the molecule is CC(=O)[C@@H]1[C@@H]2C(CN1C(C)=O)C2(Br)Br. The molecule has 3 atom stereocenters. The van der Waals surface area contributed by atoms with Crippen molar-refractivity contribution >= 4 is 43.6 Å². The maximum absolute atomic E-state index is 11.5. The maximum Gasteiger partial charge on any atom is 0.220 e. The lowest BCUT2D eigenvalue weighted by Gasteiger charge is -2.26. The van der Waals surface area contributed by atoms with Gasteiger partial charge in [-0.25, -0.2) is 0 Å². The summed E-state index contributed by atoms with van der Waals surface area (Å²) in [6, 6.07) is -0.240. The molecule has 1 aliphatic heterocycles. The number of halogens is 2. The van der Waals surface area contributed by atoms with E-state index in [9.17, 15) is 9.59 Å². The van der Waals surface area contributed by atoms with Gasteiger partial charge in [0.15, 0.2) is 5.78 Å². The number of fused-ring (bicyclic) bond motifs is 1. The van der Waals surface area contributed by atoms with Gasteiger partial charge in [0.1, 0.15) is 0 Å². The van der Waals surface area contributed by atoms with Gasteiger partial charge in [0.25, 0.3) is 0 Å². The molecule has 0 aromatic heterocycles. The molecule has 0 aromatic rings. The summed E-state index contributed by atoms with van der Waals surface area (Å²) in [6.07, 6.45) is 0. The second-order valence-electron chi connectivity index (χ2n) is 4.03. The van der Waals surface area contributed by atoms with Gasteiger partial charge in [-0.15, -0.1) is 0 Å². The molecule has 5 heteroatoms. The van der Waals surface area contributed by atoms with Gasteiger partial charge in [0.2, 0.25) is 5.91 Å². The number of likely N-dealkylation sites (tertiary alicyclic amines) is 1. The van der Waals surface area contributed by atoms with Crippen molar-refractivity contribution in [3.05, 3.63) is 0 Å². The molecule has 14 heavy (non-hydrogen) atoms. The van der Waals surface area contributed by atoms with Crippen molar-refractivity contribution in [2.45, 2.75) is 23.1 Å². The summed E-state index contributed by atoms with van der Waals surface area (Å²) in [5, 5.41) is 0. The highest BCUT2D eigenvalue weighted by atomic mass is 79.9. The van der Waals surface area contributed by atoms with E-state index in [1.165, 1.54) is 6.92 Å². The second-order valence-corrected chi connectivity index (χ2v) is 7.72. The largest absolute Gasteiger partial charge is 0.332 e. The van der Waals surface area contributed by atoms with Crippen LogP contribution in [0.4, 0.5) is 0 Å². The molecule has 1 aliphatic carbocycles. The average molecular weight is 325 g/mol. The predicted molar refractivity (Wildman–Crippen MR) is 59.4 cm³/mol. The molecule has 0 bridgehead atoms. The normalized spacial score (nSPS) is 38.0. The minimum absolute atomic E-state index is 0.00630. The third-order valence-corrected chi connectivity index (χ3v) is 5.39. The van der Waals surface area contributed by atoms with Gasteiger partial charge in [0.05, 0.1) is 9.28 Å². The van der Waals surface area contributed by atoms with Crippen molar-refractivity contribution < 1.29 is 9.59 Å². The first kappa shape index (κ1) is 10.6. The molecule has 3 nitrogen and oxygen atoms in total. The lowest BCUT2D eigenvalue weighted by molar-refractivity contribution is -0.136. The zero-order valence-corrected chi connectivity index (χ0v) is 11.1. The molecule has 1 heterocycles. The van der Waals surface area contributed by atoms with Crippen LogP contribution in [0.2, 0.25) is 0 Å². The first-order valence-corrected chi connectivity index (χ1v) is 6.11. The third kappa shape index (κ3) is 1.28. The number of nitrogens with zero attached hydrogens (tertiary/aromatic N) is 1. The lowest BCUT2D eigenvalue weighted by Crippen LogP contribution is -2.43. The van der Waals surface area contributed by atoms with Crippen LogP contribution in [0.15, 0.2) is 0 Å². The molecule has 0 N–H and O–H groups in total. The second kappa shape index (κ2) is 3.04. The van der Waals surface area contributed by atoms with E-state index in [1.54, 1.807) is 11.8 Å². The molecule has 0 aromatic carbocycles. The molecule has 2 fully saturated rings. The van der Waals surface area contributed by atoms with E-state index >= 15 is 0 Å². The molecule has 0 radical (unpaired) electrons. The Morgan fingerprint density at radius 3 is 2.36 bits per heavy atom. The highest BCUT2D eigenvalue weighted by Crippen LogP contribution is 2.67. The summed E-state index contributed by atoms with van der Waals surface area (Å²) in [5.74, 6) is 0.686. The van der Waals surface area contributed by atoms with Crippen LogP contribution >= 0.6 is 31.9 Å². The van der Waals surface area contributed by atoms with Crippen molar-refractivity contribution in [2.24, 2.45) is 11.8 Å². The van der Waals surface area contributed by atoms with Crippen LogP contribution in [-0.2, 0) is 9.59 Å². The van der Waals surface area contributed by atoms with Gasteiger partial charge < -0.3 is 4.90 Å². The molecule has 1 amide bonds. The van der Waals surface area contributed by atoms with Crippen LogP contribution in [0.25, 0.3) is 0 Å². The Morgan fingerprint density at radius 2 is 1.93 bits per heavy atom. The average Bonchev–Trinajstić information content (AvgIpc) is 2.47. The highest BCUT2D eigenvalue weighted by Gasteiger charge is 2.71. The van der Waals surface area contributed by atoms with E-state index in [2.05, 4.69) is 31.9 Å². The predicted octanol–water partition coefficient (Wildman–Crippen LogP) is 1.54. The number of hydrogen-bond donors (Lipinski definition) is 0. The molecular formula is C9H11Br2NO2. The van der Waals surface area contributed by atoms with Crippen LogP contribution in [0.5, 0.6) is 0 Å². The molecule has 2 aliphatic rings. The summed E-state index contributed by atoms with van der Waals surface area (Å²) in [5.41, 5.74) is 0. The zero-order chi connectivity index (χ0) is 10.7. The molecule has 1 saturated carbocycles. The number of carbonyl (C=O) groups is 2. The number of ketones is 1. The Labute approximate surface area is 99.5 Å². The first-order chi connectivity index (χ1) is 6.37. The van der Waals surface area contributed by atoms with Gasteiger partial charge in [-0.1, -0.05) is 31.9 Å². The number of hydrogen-bond acceptors (Lipinski definition) is 2. The number of alkyl halides is 2. The Bertz CT molecular complexity index is 316. The maximum atomic E-state index is 11.5. The van der Waals surface area contributed by atoms with Crippen molar-refractivity contribution in [2.75, 3.05) is 6.54 Å². The monoisotopic (exact) mass is 323 g/mol. The number of rotatable bonds is 1. The van der Waals surface area contributed by atoms with E-state index in [4.69, 9.17) is 0 Å². The fraction of sp³-hybridized carbons (Fsp3) is 0.778. The number of Topliss-reactive ketones (excluding diaryl/α,β-unsaturated/α-hetero) is 1. The van der Waals surface area contributed by atoms with Gasteiger partial charge in [-0.05, 0) is 6.92 Å². The Kier molecular flexibility index (Phi) is 2.31. The lowest BCUT2D eigenvalue weighted by atomic mass is 10.1. The summed E-state index contributed by atoms with van der Waals surface area (Å²) in [4.78, 5) is 24.4. The molecular weight excluding hydrogens is 314 g/mol. The van der Waals surface area contributed by atoms with E-state index in [-0.39, 0.29) is 26.9 Å². The molecule has 0 spiro atoms. The van der Waals surface area contributed by atoms with Crippen LogP contribution < -0.4 is 0 Å². The minimum Gasteiger partial charge on any atom is -0.332 e. The van der Waals surface area contributed by atoms with Crippen LogP contribution in [0.1, 0.15) is 13.8 Å². The quantitative estimate of drug-likeness (QED) is 0.686. The van der Waals surface area contributed by atoms with Gasteiger partial charge in [0, 0.05) is 25.3 Å². The van der Waals surface area contributed by atoms with E-state index < -0.39 is 0 Å². The van der Waals surface area contributed by atoms with Gasteiger partial charge in [-0.3, -0.25) is 9.59 Å². The molecule has 2 rings (SSSR count). The summed E-state index contributed by atoms with van der Waals surface area (Å²) < 4.78 is -0.109. The van der Waals surface area contributed by atoms with Crippen molar-refractivity contribution in [3.63, 3.8) is 0 Å².